The first-order valence-electron chi connectivity index (χ1n) is 10.5. The average Bonchev–Trinajstić information content (AvgIpc) is 3.04. The third-order valence-corrected chi connectivity index (χ3v) is 4.77. The van der Waals surface area contributed by atoms with Gasteiger partial charge in [0.15, 0.2) is 0 Å². The lowest BCUT2D eigenvalue weighted by atomic mass is 10.1. The first kappa shape index (κ1) is 23.0. The van der Waals surface area contributed by atoms with Gasteiger partial charge in [0.25, 0.3) is 11.5 Å². The van der Waals surface area contributed by atoms with E-state index >= 15 is 0 Å². The maximum atomic E-state index is 13.2. The summed E-state index contributed by atoms with van der Waals surface area (Å²) in [4.78, 5) is 51.0. The van der Waals surface area contributed by atoms with Crippen LogP contribution in [0.15, 0.2) is 40.4 Å². The van der Waals surface area contributed by atoms with Gasteiger partial charge in [-0.2, -0.15) is 0 Å². The van der Waals surface area contributed by atoms with Crippen LogP contribution in [0.25, 0.3) is 16.7 Å². The lowest BCUT2D eigenvalue weighted by Crippen LogP contribution is -2.36. The zero-order valence-corrected chi connectivity index (χ0v) is 18.7. The maximum Gasteiger partial charge on any atom is 0.352 e. The second-order valence-corrected chi connectivity index (χ2v) is 8.34. The minimum atomic E-state index is -0.582. The Hall–Kier alpha value is -3.69. The van der Waals surface area contributed by atoms with Crippen molar-refractivity contribution >= 4 is 28.5 Å². The van der Waals surface area contributed by atoms with Crippen LogP contribution < -0.4 is 21.9 Å². The third-order valence-electron chi connectivity index (χ3n) is 4.77. The molecule has 2 N–H and O–H groups in total. The fraction of sp³-hybridized carbons (Fsp3) is 0.409. The van der Waals surface area contributed by atoms with Gasteiger partial charge in [-0.05, 0) is 38.0 Å². The van der Waals surface area contributed by atoms with E-state index in [-0.39, 0.29) is 59.1 Å². The molecule has 10 heteroatoms. The van der Waals surface area contributed by atoms with Gasteiger partial charge in [0, 0.05) is 24.7 Å². The van der Waals surface area contributed by atoms with Crippen LogP contribution in [0.1, 0.15) is 38.1 Å². The number of nitrogens with zero attached hydrogens (tertiary/aromatic N) is 4. The number of benzene rings is 1. The van der Waals surface area contributed by atoms with Gasteiger partial charge in [-0.15, -0.1) is 11.7 Å². The lowest BCUT2D eigenvalue weighted by molar-refractivity contribution is -0.122. The van der Waals surface area contributed by atoms with Crippen LogP contribution in [0.5, 0.6) is 0 Å². The van der Waals surface area contributed by atoms with Gasteiger partial charge in [0.2, 0.25) is 11.7 Å². The predicted octanol–water partition coefficient (Wildman–Crippen LogP) is 0.907. The molecule has 2 heterocycles. The van der Waals surface area contributed by atoms with E-state index in [0.29, 0.717) is 12.1 Å². The lowest BCUT2D eigenvalue weighted by Gasteiger charge is -2.10. The monoisotopic (exact) mass is 440 g/mol. The van der Waals surface area contributed by atoms with E-state index in [0.717, 1.165) is 4.68 Å². The molecule has 0 spiro atoms. The van der Waals surface area contributed by atoms with Gasteiger partial charge in [0.1, 0.15) is 6.54 Å². The summed E-state index contributed by atoms with van der Waals surface area (Å²) in [7, 11) is 0. The molecule has 0 bridgehead atoms. The smallest absolute Gasteiger partial charge is 0.352 e. The molecule has 0 saturated heterocycles. The highest BCUT2D eigenvalue weighted by Gasteiger charge is 2.20. The Morgan fingerprint density at radius 2 is 1.91 bits per heavy atom. The number of aromatic nitrogens is 4. The van der Waals surface area contributed by atoms with Crippen LogP contribution >= 0.6 is 0 Å². The number of hydrogen-bond donors (Lipinski definition) is 2. The Morgan fingerprint density at radius 1 is 1.19 bits per heavy atom. The van der Waals surface area contributed by atoms with Crippen molar-refractivity contribution in [2.24, 2.45) is 5.92 Å². The molecule has 170 valence electrons. The maximum absolute atomic E-state index is 13.2. The van der Waals surface area contributed by atoms with Crippen LogP contribution in [-0.2, 0) is 17.9 Å². The quantitative estimate of drug-likeness (QED) is 0.505. The zero-order chi connectivity index (χ0) is 23.6. The van der Waals surface area contributed by atoms with E-state index in [4.69, 9.17) is 0 Å². The number of fused-ring (bicyclic) bond motifs is 3. The summed E-state index contributed by atoms with van der Waals surface area (Å²) in [6, 6.07) is 4.48. The Labute approximate surface area is 184 Å². The fourth-order valence-corrected chi connectivity index (χ4v) is 3.36. The molecule has 0 radical (unpaired) electrons. The molecule has 10 nitrogen and oxygen atoms in total. The molecular weight excluding hydrogens is 412 g/mol. The molecule has 0 aliphatic rings. The van der Waals surface area contributed by atoms with Crippen LogP contribution in [0.3, 0.4) is 0 Å². The Bertz CT molecular complexity index is 1310. The number of nitrogens with one attached hydrogen (secondary N) is 2. The molecule has 32 heavy (non-hydrogen) atoms. The molecule has 0 atom stereocenters. The number of amides is 2. The van der Waals surface area contributed by atoms with Crippen LogP contribution in [0.2, 0.25) is 0 Å². The number of hydrogen-bond acceptors (Lipinski definition) is 5. The van der Waals surface area contributed by atoms with E-state index < -0.39 is 5.69 Å². The van der Waals surface area contributed by atoms with Gasteiger partial charge >= 0.3 is 5.69 Å². The molecule has 0 aliphatic heterocycles. The van der Waals surface area contributed by atoms with Crippen molar-refractivity contribution in [3.8, 4) is 0 Å². The summed E-state index contributed by atoms with van der Waals surface area (Å²) in [5.41, 5.74) is -0.382. The molecular formula is C22H28N6O4. The minimum absolute atomic E-state index is 0.0736. The average molecular weight is 441 g/mol. The van der Waals surface area contributed by atoms with Gasteiger partial charge < -0.3 is 10.6 Å². The SMILES string of the molecule is C=CCn1c(=O)c2ccc(C(=O)NCC(C)C)cc2n2c(=O)n(CC(=O)NC(C)C)nc12. The normalized spacial score (nSPS) is 11.4. The van der Waals surface area contributed by atoms with E-state index in [2.05, 4.69) is 22.3 Å². The molecule has 0 fully saturated rings. The summed E-state index contributed by atoms with van der Waals surface area (Å²) in [5, 5.41) is 10.0. The largest absolute Gasteiger partial charge is 0.352 e. The second-order valence-electron chi connectivity index (χ2n) is 8.34. The van der Waals surface area contributed by atoms with E-state index in [9.17, 15) is 19.2 Å². The Morgan fingerprint density at radius 3 is 2.53 bits per heavy atom. The van der Waals surface area contributed by atoms with E-state index in [1.165, 1.54) is 27.2 Å². The van der Waals surface area contributed by atoms with E-state index in [1.807, 2.05) is 27.7 Å². The van der Waals surface area contributed by atoms with Crippen LogP contribution in [0.4, 0.5) is 0 Å². The van der Waals surface area contributed by atoms with E-state index in [1.54, 1.807) is 6.07 Å². The molecule has 0 saturated carbocycles. The Kier molecular flexibility index (Phi) is 6.61. The number of carbonyl (C=O) groups excluding carboxylic acids is 2. The standard InChI is InChI=1S/C22H28N6O4/c1-6-9-26-20(31)16-8-7-15(19(30)23-11-13(2)3)10-17(16)28-21(26)25-27(22(28)32)12-18(29)24-14(4)5/h6-8,10,13-14H,1,9,11-12H2,2-5H3,(H,23,30)(H,24,29). The Balaban J connectivity index is 2.23. The summed E-state index contributed by atoms with van der Waals surface area (Å²) in [6.45, 7) is 11.6. The molecule has 2 aromatic heterocycles. The first-order valence-corrected chi connectivity index (χ1v) is 10.5. The first-order chi connectivity index (χ1) is 15.1. The van der Waals surface area contributed by atoms with Gasteiger partial charge in [-0.1, -0.05) is 19.9 Å². The third kappa shape index (κ3) is 4.48. The van der Waals surface area contributed by atoms with Crippen LogP contribution in [0, 0.1) is 5.92 Å². The molecule has 0 unspecified atom stereocenters. The highest BCUT2D eigenvalue weighted by atomic mass is 16.2. The fourth-order valence-electron chi connectivity index (χ4n) is 3.36. The molecule has 3 rings (SSSR count). The highest BCUT2D eigenvalue weighted by molar-refractivity contribution is 5.98. The van der Waals surface area contributed by atoms with Crippen molar-refractivity contribution in [1.29, 1.82) is 0 Å². The topological polar surface area (TPSA) is 120 Å². The van der Waals surface area contributed by atoms with Crippen molar-refractivity contribution in [3.63, 3.8) is 0 Å². The molecule has 1 aromatic carbocycles. The van der Waals surface area contributed by atoms with Crippen molar-refractivity contribution in [2.75, 3.05) is 6.54 Å². The molecule has 0 aliphatic carbocycles. The van der Waals surface area contributed by atoms with Crippen molar-refractivity contribution in [2.45, 2.75) is 46.8 Å². The predicted molar refractivity (Wildman–Crippen MR) is 122 cm³/mol. The van der Waals surface area contributed by atoms with Crippen molar-refractivity contribution in [3.05, 3.63) is 57.3 Å². The van der Waals surface area contributed by atoms with Crippen molar-refractivity contribution in [1.82, 2.24) is 29.4 Å². The van der Waals surface area contributed by atoms with Gasteiger partial charge in [0.05, 0.1) is 10.9 Å². The number of allylic oxidation sites excluding steroid dienone is 1. The van der Waals surface area contributed by atoms with Crippen LogP contribution in [-0.4, -0.2) is 43.1 Å². The summed E-state index contributed by atoms with van der Waals surface area (Å²) >= 11 is 0. The number of rotatable bonds is 8. The minimum Gasteiger partial charge on any atom is -0.352 e. The van der Waals surface area contributed by atoms with Crippen molar-refractivity contribution < 1.29 is 9.59 Å². The highest BCUT2D eigenvalue weighted by Crippen LogP contribution is 2.14. The second kappa shape index (κ2) is 9.21. The van der Waals surface area contributed by atoms with Gasteiger partial charge in [-0.25, -0.2) is 13.9 Å². The molecule has 3 aromatic rings. The zero-order valence-electron chi connectivity index (χ0n) is 18.7. The number of carbonyl (C=O) groups is 2. The summed E-state index contributed by atoms with van der Waals surface area (Å²) in [5.74, 6) is -0.332. The van der Waals surface area contributed by atoms with Gasteiger partial charge in [-0.3, -0.25) is 19.0 Å². The summed E-state index contributed by atoms with van der Waals surface area (Å²) < 4.78 is 3.57. The summed E-state index contributed by atoms with van der Waals surface area (Å²) in [6.07, 6.45) is 1.52. The molecule has 2 amide bonds.